The van der Waals surface area contributed by atoms with E-state index in [1.807, 2.05) is 13.0 Å². The second-order valence-electron chi connectivity index (χ2n) is 6.85. The maximum absolute atomic E-state index is 10.6. The summed E-state index contributed by atoms with van der Waals surface area (Å²) < 4.78 is 5.76. The summed E-state index contributed by atoms with van der Waals surface area (Å²) in [6, 6.07) is 10.5. The summed E-state index contributed by atoms with van der Waals surface area (Å²) in [6.07, 6.45) is 6.06. The Hall–Kier alpha value is -0.900. The molecule has 2 aliphatic rings. The molecule has 1 aromatic rings. The van der Waals surface area contributed by atoms with Crippen molar-refractivity contribution in [1.29, 1.82) is 0 Å². The van der Waals surface area contributed by atoms with Crippen molar-refractivity contribution in [3.05, 3.63) is 35.9 Å². The van der Waals surface area contributed by atoms with E-state index < -0.39 is 17.3 Å². The molecule has 4 unspecified atom stereocenters. The van der Waals surface area contributed by atoms with Crippen LogP contribution in [0.5, 0.6) is 0 Å². The fourth-order valence-electron chi connectivity index (χ4n) is 3.82. The molecule has 0 spiro atoms. The van der Waals surface area contributed by atoms with Crippen molar-refractivity contribution < 1.29 is 14.9 Å². The molecular formula is C18H26O3. The molecule has 1 aliphatic heterocycles. The Labute approximate surface area is 127 Å². The Morgan fingerprint density at radius 3 is 2.71 bits per heavy atom. The van der Waals surface area contributed by atoms with E-state index in [4.69, 9.17) is 4.74 Å². The fourth-order valence-corrected chi connectivity index (χ4v) is 3.82. The summed E-state index contributed by atoms with van der Waals surface area (Å²) in [7, 11) is 0. The summed E-state index contributed by atoms with van der Waals surface area (Å²) in [5, 5.41) is 20.5. The zero-order valence-corrected chi connectivity index (χ0v) is 12.8. The third kappa shape index (κ3) is 2.87. The van der Waals surface area contributed by atoms with Gasteiger partial charge in [-0.3, -0.25) is 0 Å². The third-order valence-corrected chi connectivity index (χ3v) is 5.28. The number of rotatable bonds is 6. The Morgan fingerprint density at radius 2 is 1.95 bits per heavy atom. The first-order valence-corrected chi connectivity index (χ1v) is 8.17. The Bertz CT molecular complexity index is 471. The highest BCUT2D eigenvalue weighted by molar-refractivity contribution is 5.19. The van der Waals surface area contributed by atoms with Crippen LogP contribution in [-0.2, 0) is 11.2 Å². The van der Waals surface area contributed by atoms with Gasteiger partial charge in [-0.2, -0.15) is 0 Å². The maximum Gasteiger partial charge on any atom is 0.126 e. The van der Waals surface area contributed by atoms with Crippen molar-refractivity contribution in [3.8, 4) is 0 Å². The van der Waals surface area contributed by atoms with Crippen LogP contribution in [-0.4, -0.2) is 33.6 Å². The number of fused-ring (bicyclic) bond motifs is 1. The lowest BCUT2D eigenvalue weighted by molar-refractivity contribution is -0.0505. The van der Waals surface area contributed by atoms with Crippen LogP contribution in [0.3, 0.4) is 0 Å². The number of benzene rings is 1. The molecule has 1 saturated heterocycles. The smallest absolute Gasteiger partial charge is 0.126 e. The van der Waals surface area contributed by atoms with E-state index in [0.717, 1.165) is 32.1 Å². The molecule has 3 rings (SSSR count). The number of hydrogen-bond acceptors (Lipinski definition) is 3. The van der Waals surface area contributed by atoms with E-state index in [0.29, 0.717) is 12.8 Å². The number of unbranched alkanes of at least 4 members (excludes halogenated alkanes) is 2. The fraction of sp³-hybridized carbons (Fsp3) is 0.667. The second kappa shape index (κ2) is 5.71. The molecule has 2 fully saturated rings. The first kappa shape index (κ1) is 15.0. The van der Waals surface area contributed by atoms with Crippen molar-refractivity contribution in [3.63, 3.8) is 0 Å². The zero-order chi connectivity index (χ0) is 14.9. The molecule has 1 saturated carbocycles. The van der Waals surface area contributed by atoms with E-state index in [1.165, 1.54) is 5.56 Å². The van der Waals surface area contributed by atoms with E-state index in [2.05, 4.69) is 24.3 Å². The topological polar surface area (TPSA) is 53.0 Å². The molecule has 116 valence electrons. The molecule has 21 heavy (non-hydrogen) atoms. The highest BCUT2D eigenvalue weighted by atomic mass is 16.6. The number of aryl methyl sites for hydroxylation is 1. The number of aliphatic hydroxyl groups is 2. The summed E-state index contributed by atoms with van der Waals surface area (Å²) >= 11 is 0. The van der Waals surface area contributed by atoms with Gasteiger partial charge in [-0.05, 0) is 44.6 Å². The Morgan fingerprint density at radius 1 is 1.19 bits per heavy atom. The van der Waals surface area contributed by atoms with E-state index in [1.54, 1.807) is 0 Å². The van der Waals surface area contributed by atoms with E-state index in [9.17, 15) is 10.2 Å². The molecule has 0 amide bonds. The van der Waals surface area contributed by atoms with Crippen molar-refractivity contribution in [2.24, 2.45) is 0 Å². The molecule has 3 heteroatoms. The van der Waals surface area contributed by atoms with Gasteiger partial charge in [0.25, 0.3) is 0 Å². The number of aliphatic hydroxyl groups excluding tert-OH is 1. The molecule has 4 atom stereocenters. The average molecular weight is 290 g/mol. The van der Waals surface area contributed by atoms with Gasteiger partial charge in [0.2, 0.25) is 0 Å². The van der Waals surface area contributed by atoms with Crippen LogP contribution in [0.2, 0.25) is 0 Å². The average Bonchev–Trinajstić information content (AvgIpc) is 3.22. The van der Waals surface area contributed by atoms with Crippen LogP contribution in [0.1, 0.15) is 51.0 Å². The van der Waals surface area contributed by atoms with Crippen LogP contribution >= 0.6 is 0 Å². The van der Waals surface area contributed by atoms with Crippen molar-refractivity contribution >= 4 is 0 Å². The van der Waals surface area contributed by atoms with Gasteiger partial charge in [-0.1, -0.05) is 43.2 Å². The largest absolute Gasteiger partial charge is 0.390 e. The molecule has 2 N–H and O–H groups in total. The molecule has 0 radical (unpaired) electrons. The Balaban J connectivity index is 1.43. The predicted octanol–water partition coefficient (Wildman–Crippen LogP) is 2.83. The summed E-state index contributed by atoms with van der Waals surface area (Å²) in [5.41, 5.74) is 0.129. The lowest BCUT2D eigenvalue weighted by atomic mass is 9.73. The zero-order valence-electron chi connectivity index (χ0n) is 12.8. The third-order valence-electron chi connectivity index (χ3n) is 5.28. The van der Waals surface area contributed by atoms with Gasteiger partial charge in [0.1, 0.15) is 11.7 Å². The van der Waals surface area contributed by atoms with Gasteiger partial charge >= 0.3 is 0 Å². The van der Waals surface area contributed by atoms with Gasteiger partial charge in [-0.25, -0.2) is 0 Å². The minimum atomic E-state index is -0.781. The highest BCUT2D eigenvalue weighted by Crippen LogP contribution is 2.56. The van der Waals surface area contributed by atoms with E-state index >= 15 is 0 Å². The number of hydrogen-bond donors (Lipinski definition) is 2. The standard InChI is InChI=1S/C18H26O3/c1-17(20)13-11-15(19)16-18(17,21-16)12-7-3-6-10-14-8-4-2-5-9-14/h2,4-5,8-9,15-16,19-20H,3,6-7,10-13H2,1H3. The molecule has 1 aliphatic carbocycles. The predicted molar refractivity (Wildman–Crippen MR) is 82.1 cm³/mol. The number of epoxide rings is 1. The van der Waals surface area contributed by atoms with Crippen LogP contribution in [0.25, 0.3) is 0 Å². The summed E-state index contributed by atoms with van der Waals surface area (Å²) in [6.45, 7) is 1.86. The molecule has 1 aromatic carbocycles. The minimum absolute atomic E-state index is 0.143. The van der Waals surface area contributed by atoms with Gasteiger partial charge in [0.05, 0.1) is 11.7 Å². The van der Waals surface area contributed by atoms with Gasteiger partial charge < -0.3 is 14.9 Å². The SMILES string of the molecule is CC1(O)CCC(O)C2OC21CCCCCc1ccccc1. The maximum atomic E-state index is 10.6. The van der Waals surface area contributed by atoms with Gasteiger partial charge in [-0.15, -0.1) is 0 Å². The molecule has 3 nitrogen and oxygen atoms in total. The molecule has 1 heterocycles. The quantitative estimate of drug-likeness (QED) is 0.626. The van der Waals surface area contributed by atoms with Gasteiger partial charge in [0.15, 0.2) is 0 Å². The van der Waals surface area contributed by atoms with Gasteiger partial charge in [0, 0.05) is 0 Å². The van der Waals surface area contributed by atoms with Crippen LogP contribution in [0.4, 0.5) is 0 Å². The first-order valence-electron chi connectivity index (χ1n) is 8.17. The number of ether oxygens (including phenoxy) is 1. The van der Waals surface area contributed by atoms with Crippen molar-refractivity contribution in [2.75, 3.05) is 0 Å². The minimum Gasteiger partial charge on any atom is -0.390 e. The van der Waals surface area contributed by atoms with Crippen LogP contribution in [0.15, 0.2) is 30.3 Å². The second-order valence-corrected chi connectivity index (χ2v) is 6.85. The molecular weight excluding hydrogens is 264 g/mol. The normalized spacial score (nSPS) is 38.0. The van der Waals surface area contributed by atoms with Crippen LogP contribution < -0.4 is 0 Å². The summed E-state index contributed by atoms with van der Waals surface area (Å²) in [5.74, 6) is 0. The Kier molecular flexibility index (Phi) is 4.08. The van der Waals surface area contributed by atoms with Crippen molar-refractivity contribution in [1.82, 2.24) is 0 Å². The lowest BCUT2D eigenvalue weighted by Gasteiger charge is -2.35. The molecule has 0 aromatic heterocycles. The van der Waals surface area contributed by atoms with Crippen LogP contribution in [0, 0.1) is 0 Å². The lowest BCUT2D eigenvalue weighted by Crippen LogP contribution is -2.50. The van der Waals surface area contributed by atoms with E-state index in [-0.39, 0.29) is 6.10 Å². The van der Waals surface area contributed by atoms with Crippen molar-refractivity contribution in [2.45, 2.75) is 75.3 Å². The first-order chi connectivity index (χ1) is 10.1. The molecule has 0 bridgehead atoms. The monoisotopic (exact) mass is 290 g/mol. The summed E-state index contributed by atoms with van der Waals surface area (Å²) in [4.78, 5) is 0. The highest BCUT2D eigenvalue weighted by Gasteiger charge is 2.70.